The Kier molecular flexibility index (Phi) is 15.3. The van der Waals surface area contributed by atoms with E-state index in [0.717, 1.165) is 25.6 Å². The van der Waals surface area contributed by atoms with Crippen molar-refractivity contribution in [1.82, 2.24) is 5.32 Å². The molecule has 1 amide bonds. The molecule has 1 saturated heterocycles. The van der Waals surface area contributed by atoms with Gasteiger partial charge in [-0.2, -0.15) is 0 Å². The molecule has 2 saturated carbocycles. The number of hydrogen-bond acceptors (Lipinski definition) is 16. The van der Waals surface area contributed by atoms with E-state index in [2.05, 4.69) is 5.32 Å². The summed E-state index contributed by atoms with van der Waals surface area (Å²) < 4.78 is 37.4. The number of benzene rings is 4. The molecule has 390 valence electrons. The SMILES string of the molecule is CC(=O)O[C@](Sc1ccccc1)(C(=O)O[C@H]1C[C@@]2(O)C(OC(=O)c3ccccc3)C3[C@](C)(C(=O)[C@H](O)C(=C1C)C2(C)C)[C@@H](OC(=O)C(Cl)Cl)C[C@H]1OC[C@@]31OC(C)=O)[C@@H](NC(=O)c1ccccc1)c1ccccc1. The molecule has 4 aromatic rings. The predicted molar refractivity (Wildman–Crippen MR) is 268 cm³/mol. The summed E-state index contributed by atoms with van der Waals surface area (Å²) in [6, 6.07) is 31.1. The maximum atomic E-state index is 15.9. The van der Waals surface area contributed by atoms with E-state index in [9.17, 15) is 34.2 Å². The Bertz CT molecular complexity index is 2860. The first-order valence-electron chi connectivity index (χ1n) is 23.8. The van der Waals surface area contributed by atoms with E-state index in [1.54, 1.807) is 109 Å². The van der Waals surface area contributed by atoms with Crippen molar-refractivity contribution >= 4 is 76.5 Å². The van der Waals surface area contributed by atoms with Crippen LogP contribution in [0.4, 0.5) is 0 Å². The summed E-state index contributed by atoms with van der Waals surface area (Å²) in [5.41, 5.74) is -8.00. The van der Waals surface area contributed by atoms with Crippen LogP contribution < -0.4 is 5.32 Å². The Hall–Kier alpha value is -6.08. The molecule has 0 aromatic heterocycles. The lowest BCUT2D eigenvalue weighted by Crippen LogP contribution is -2.82. The molecular weight excluding hydrogens is 1020 g/mol. The number of ether oxygens (including phenoxy) is 6. The fourth-order valence-electron chi connectivity index (χ4n) is 11.4. The first kappa shape index (κ1) is 54.2. The minimum absolute atomic E-state index is 0.0113. The molecular formula is C55H55Cl2NO15S. The number of thioether (sulfide) groups is 1. The van der Waals surface area contributed by atoms with E-state index in [0.29, 0.717) is 10.5 Å². The van der Waals surface area contributed by atoms with Crippen molar-refractivity contribution in [3.8, 4) is 0 Å². The molecule has 16 nitrogen and oxygen atoms in total. The number of fused-ring (bicyclic) bond motifs is 5. The normalized spacial score (nSPS) is 29.0. The lowest BCUT2D eigenvalue weighted by Gasteiger charge is -2.67. The van der Waals surface area contributed by atoms with Gasteiger partial charge in [0.15, 0.2) is 11.4 Å². The van der Waals surface area contributed by atoms with E-state index in [1.807, 2.05) is 0 Å². The molecule has 1 heterocycles. The first-order valence-corrected chi connectivity index (χ1v) is 25.5. The van der Waals surface area contributed by atoms with Crippen molar-refractivity contribution in [3.05, 3.63) is 149 Å². The monoisotopic (exact) mass is 1070 g/mol. The number of hydrogen-bond donors (Lipinski definition) is 3. The van der Waals surface area contributed by atoms with Gasteiger partial charge in [0, 0.05) is 42.6 Å². The molecule has 3 N–H and O–H groups in total. The van der Waals surface area contributed by atoms with Crippen LogP contribution in [0.25, 0.3) is 0 Å². The number of alkyl halides is 2. The van der Waals surface area contributed by atoms with Crippen molar-refractivity contribution in [3.63, 3.8) is 0 Å². The van der Waals surface area contributed by atoms with Crippen molar-refractivity contribution in [1.29, 1.82) is 0 Å². The lowest BCUT2D eigenvalue weighted by molar-refractivity contribution is -0.346. The summed E-state index contributed by atoms with van der Waals surface area (Å²) in [5, 5.41) is 29.8. The maximum absolute atomic E-state index is 15.9. The molecule has 11 atom stereocenters. The third-order valence-electron chi connectivity index (χ3n) is 15.0. The van der Waals surface area contributed by atoms with E-state index >= 15 is 9.59 Å². The molecule has 0 radical (unpaired) electrons. The summed E-state index contributed by atoms with van der Waals surface area (Å²) in [7, 11) is 0. The molecule has 74 heavy (non-hydrogen) atoms. The molecule has 3 aliphatic carbocycles. The Balaban J connectivity index is 1.35. The van der Waals surface area contributed by atoms with Crippen LogP contribution in [0.15, 0.2) is 137 Å². The van der Waals surface area contributed by atoms with Crippen LogP contribution in [0.2, 0.25) is 0 Å². The quantitative estimate of drug-likeness (QED) is 0.0283. The van der Waals surface area contributed by atoms with Gasteiger partial charge in [-0.25, -0.2) is 14.4 Å². The summed E-state index contributed by atoms with van der Waals surface area (Å²) in [5.74, 6) is -8.58. The van der Waals surface area contributed by atoms with Crippen LogP contribution in [0, 0.1) is 16.7 Å². The lowest BCUT2D eigenvalue weighted by atomic mass is 9.44. The minimum Gasteiger partial charge on any atom is -0.459 e. The first-order chi connectivity index (χ1) is 35.0. The molecule has 3 fully saturated rings. The van der Waals surface area contributed by atoms with Gasteiger partial charge in [-0.3, -0.25) is 19.2 Å². The molecule has 2 unspecified atom stereocenters. The molecule has 4 aliphatic rings. The van der Waals surface area contributed by atoms with Gasteiger partial charge in [-0.15, -0.1) is 0 Å². The number of carbonyl (C=O) groups excluding carboxylic acids is 7. The van der Waals surface area contributed by atoms with E-state index in [4.69, 9.17) is 51.6 Å². The van der Waals surface area contributed by atoms with Crippen molar-refractivity contribution in [2.75, 3.05) is 6.61 Å². The van der Waals surface area contributed by atoms with Gasteiger partial charge in [0.2, 0.25) is 4.84 Å². The number of amides is 1. The second-order valence-corrected chi connectivity index (χ2v) is 22.0. The number of rotatable bonds is 14. The second kappa shape index (κ2) is 20.9. The summed E-state index contributed by atoms with van der Waals surface area (Å²) in [6.07, 6.45) is -9.47. The number of nitrogens with one attached hydrogen (secondary N) is 1. The van der Waals surface area contributed by atoms with Crippen LogP contribution in [0.1, 0.15) is 86.7 Å². The van der Waals surface area contributed by atoms with Gasteiger partial charge in [-0.1, -0.05) is 134 Å². The standard InChI is InChI=1S/C55H55Cl2NO15S/c1-30-37(69-50(66)55(73-32(3)60,74-36-25-17-10-18-26-36)43(33-19-11-7-12-20-33)58-47(63)34-21-13-8-14-22-34)28-54(67)45(71-48(64)35-23-15-9-16-24-35)42-52(6,44(62)41(61)40(30)51(54,4)5)38(70-49(65)46(56)57)27-39-53(42,29-68-39)72-31(2)59/h7-26,37-39,41-43,45-46,61,67H,27-29H2,1-6H3,(H,58,63)/t37-,38-,39+,41+,42?,43-,45?,52+,53-,54+,55+/m0/s1. The molecule has 4 aromatic carbocycles. The minimum atomic E-state index is -2.54. The third kappa shape index (κ3) is 9.51. The Morgan fingerprint density at radius 2 is 1.36 bits per heavy atom. The van der Waals surface area contributed by atoms with Gasteiger partial charge >= 0.3 is 29.8 Å². The third-order valence-corrected chi connectivity index (χ3v) is 16.6. The van der Waals surface area contributed by atoms with Gasteiger partial charge in [0.25, 0.3) is 10.8 Å². The van der Waals surface area contributed by atoms with Gasteiger partial charge in [0.05, 0.1) is 23.5 Å². The highest BCUT2D eigenvalue weighted by molar-refractivity contribution is 8.01. The topological polar surface area (TPSA) is 227 Å². The fraction of sp³-hybridized carbons (Fsp3) is 0.400. The molecule has 0 spiro atoms. The van der Waals surface area contributed by atoms with Crippen LogP contribution in [-0.2, 0) is 52.4 Å². The second-order valence-electron chi connectivity index (χ2n) is 19.6. The zero-order valence-corrected chi connectivity index (χ0v) is 43.5. The molecule has 8 rings (SSSR count). The van der Waals surface area contributed by atoms with Gasteiger partial charge < -0.3 is 44.0 Å². The maximum Gasteiger partial charge on any atom is 0.365 e. The summed E-state index contributed by atoms with van der Waals surface area (Å²) in [6.45, 7) is 7.69. The Morgan fingerprint density at radius 1 is 0.797 bits per heavy atom. The van der Waals surface area contributed by atoms with Gasteiger partial charge in [-0.05, 0) is 67.0 Å². The Labute approximate surface area is 441 Å². The van der Waals surface area contributed by atoms with Crippen molar-refractivity contribution in [2.24, 2.45) is 16.7 Å². The van der Waals surface area contributed by atoms with Crippen LogP contribution in [-0.4, -0.2) is 110 Å². The highest BCUT2D eigenvalue weighted by atomic mass is 35.5. The number of ketones is 1. The smallest absolute Gasteiger partial charge is 0.365 e. The highest BCUT2D eigenvalue weighted by Gasteiger charge is 2.79. The van der Waals surface area contributed by atoms with E-state index in [1.165, 1.54) is 39.8 Å². The largest absolute Gasteiger partial charge is 0.459 e. The zero-order valence-electron chi connectivity index (χ0n) is 41.2. The van der Waals surface area contributed by atoms with Crippen LogP contribution in [0.3, 0.4) is 0 Å². The summed E-state index contributed by atoms with van der Waals surface area (Å²) >= 11 is 12.8. The average molecular weight is 1070 g/mol. The van der Waals surface area contributed by atoms with E-state index < -0.39 is 129 Å². The number of carbonyl (C=O) groups is 7. The van der Waals surface area contributed by atoms with Crippen LogP contribution >= 0.6 is 35.0 Å². The Morgan fingerprint density at radius 3 is 1.91 bits per heavy atom. The predicted octanol–water partition coefficient (Wildman–Crippen LogP) is 7.21. The number of halogens is 2. The number of Topliss-reactive ketones (excluding diaryl/α,β-unsaturated/α-hetero) is 1. The number of aliphatic hydroxyl groups excluding tert-OH is 1. The highest BCUT2D eigenvalue weighted by Crippen LogP contribution is 2.65. The molecule has 2 bridgehead atoms. The molecule has 1 aliphatic heterocycles. The van der Waals surface area contributed by atoms with Crippen molar-refractivity contribution < 1.29 is 72.2 Å². The van der Waals surface area contributed by atoms with Crippen molar-refractivity contribution in [2.45, 2.75) is 117 Å². The zero-order chi connectivity index (χ0) is 53.5. The number of esters is 5. The molecule has 19 heteroatoms. The average Bonchev–Trinajstić information content (AvgIpc) is 3.36. The van der Waals surface area contributed by atoms with Gasteiger partial charge in [0.1, 0.15) is 42.2 Å². The fourth-order valence-corrected chi connectivity index (χ4v) is 12.7. The van der Waals surface area contributed by atoms with E-state index in [-0.39, 0.29) is 28.7 Å². The number of aliphatic hydroxyl groups is 2. The summed E-state index contributed by atoms with van der Waals surface area (Å²) in [4.78, 5) is 96.9. The van der Waals surface area contributed by atoms with Crippen LogP contribution in [0.5, 0.6) is 0 Å².